The van der Waals surface area contributed by atoms with E-state index in [1.807, 2.05) is 0 Å². The van der Waals surface area contributed by atoms with Crippen molar-refractivity contribution >= 4 is 5.71 Å². The van der Waals surface area contributed by atoms with Gasteiger partial charge in [0.15, 0.2) is 0 Å². The van der Waals surface area contributed by atoms with Crippen molar-refractivity contribution < 1.29 is 0 Å². The molecule has 2 aliphatic heterocycles. The minimum atomic E-state index is 0.829. The van der Waals surface area contributed by atoms with Gasteiger partial charge in [0.05, 0.1) is 0 Å². The molecule has 9 heavy (non-hydrogen) atoms. The molecule has 2 rings (SSSR count). The maximum Gasteiger partial charge on any atom is 0.0396 e. The van der Waals surface area contributed by atoms with E-state index >= 15 is 0 Å². The van der Waals surface area contributed by atoms with Crippen LogP contribution in [0.15, 0.2) is 4.99 Å². The van der Waals surface area contributed by atoms with Crippen molar-refractivity contribution in [1.29, 1.82) is 0 Å². The van der Waals surface area contributed by atoms with Gasteiger partial charge in [0.25, 0.3) is 0 Å². The molecule has 2 heterocycles. The molecule has 2 nitrogen and oxygen atoms in total. The molecule has 0 N–H and O–H groups in total. The van der Waals surface area contributed by atoms with Gasteiger partial charge >= 0.3 is 0 Å². The zero-order valence-corrected chi connectivity index (χ0v) is 5.80. The summed E-state index contributed by atoms with van der Waals surface area (Å²) in [6.45, 7) is 3.47. The molecule has 0 aromatic carbocycles. The molecule has 0 bridgehead atoms. The minimum absolute atomic E-state index is 0.829. The second-order valence-electron chi connectivity index (χ2n) is 3.06. The number of fused-ring (bicyclic) bond motifs is 1. The highest BCUT2D eigenvalue weighted by Gasteiger charge is 2.28. The number of hydrogen-bond acceptors (Lipinski definition) is 2. The first-order chi connectivity index (χ1) is 4.36. The van der Waals surface area contributed by atoms with Crippen molar-refractivity contribution in [2.45, 2.75) is 6.42 Å². The van der Waals surface area contributed by atoms with Gasteiger partial charge in [0, 0.05) is 31.3 Å². The molecular formula is C7H12N2. The molecule has 0 aliphatic carbocycles. The Hall–Kier alpha value is -0.370. The molecule has 0 aromatic heterocycles. The van der Waals surface area contributed by atoms with Crippen LogP contribution in [0.3, 0.4) is 0 Å². The molecular weight excluding hydrogens is 112 g/mol. The van der Waals surface area contributed by atoms with E-state index in [1.54, 1.807) is 0 Å². The Labute approximate surface area is 55.6 Å². The number of nitrogens with zero attached hydrogens (tertiary/aromatic N) is 2. The molecule has 50 valence electrons. The van der Waals surface area contributed by atoms with Crippen molar-refractivity contribution in [3.63, 3.8) is 0 Å². The van der Waals surface area contributed by atoms with Gasteiger partial charge < -0.3 is 4.90 Å². The van der Waals surface area contributed by atoms with E-state index in [2.05, 4.69) is 16.9 Å². The minimum Gasteiger partial charge on any atom is -0.300 e. The van der Waals surface area contributed by atoms with Crippen molar-refractivity contribution in [3.05, 3.63) is 0 Å². The standard InChI is InChI=1S/C7H12N2/c1-9-4-6-2-3-8-7(6)5-9/h6H,2-5H2,1H3. The predicted octanol–water partition coefficient (Wildman–Crippen LogP) is 0.393. The lowest BCUT2D eigenvalue weighted by molar-refractivity contribution is 0.390. The Morgan fingerprint density at radius 2 is 2.56 bits per heavy atom. The SMILES string of the molecule is CN1CC2=NCCC2C1. The molecule has 0 radical (unpaired) electrons. The second kappa shape index (κ2) is 1.81. The lowest BCUT2D eigenvalue weighted by Crippen LogP contribution is -2.14. The van der Waals surface area contributed by atoms with Crippen molar-refractivity contribution in [1.82, 2.24) is 4.90 Å². The fourth-order valence-corrected chi connectivity index (χ4v) is 1.75. The summed E-state index contributed by atoms with van der Waals surface area (Å²) >= 11 is 0. The summed E-state index contributed by atoms with van der Waals surface area (Å²) in [7, 11) is 2.17. The van der Waals surface area contributed by atoms with Gasteiger partial charge in [-0.25, -0.2) is 0 Å². The third kappa shape index (κ3) is 0.778. The number of hydrogen-bond donors (Lipinski definition) is 0. The van der Waals surface area contributed by atoms with Gasteiger partial charge in [0.1, 0.15) is 0 Å². The second-order valence-corrected chi connectivity index (χ2v) is 3.06. The van der Waals surface area contributed by atoms with Crippen molar-refractivity contribution in [3.8, 4) is 0 Å². The summed E-state index contributed by atoms with van der Waals surface area (Å²) in [6, 6.07) is 0. The molecule has 0 saturated carbocycles. The Kier molecular flexibility index (Phi) is 1.09. The molecule has 1 atom stereocenters. The van der Waals surface area contributed by atoms with Crippen molar-refractivity contribution in [2.75, 3.05) is 26.7 Å². The van der Waals surface area contributed by atoms with Crippen LogP contribution in [0, 0.1) is 5.92 Å². The average molecular weight is 124 g/mol. The van der Waals surface area contributed by atoms with Crippen LogP contribution < -0.4 is 0 Å². The van der Waals surface area contributed by atoms with Crippen LogP contribution in [0.5, 0.6) is 0 Å². The maximum absolute atomic E-state index is 4.42. The summed E-state index contributed by atoms with van der Waals surface area (Å²) in [6.07, 6.45) is 1.31. The first-order valence-corrected chi connectivity index (χ1v) is 3.58. The number of rotatable bonds is 0. The first kappa shape index (κ1) is 5.42. The lowest BCUT2D eigenvalue weighted by Gasteiger charge is -2.04. The van der Waals surface area contributed by atoms with E-state index < -0.39 is 0 Å². The van der Waals surface area contributed by atoms with Crippen LogP contribution in [0.2, 0.25) is 0 Å². The van der Waals surface area contributed by atoms with Crippen molar-refractivity contribution in [2.24, 2.45) is 10.9 Å². The fraction of sp³-hybridized carbons (Fsp3) is 0.857. The highest BCUT2D eigenvalue weighted by atomic mass is 15.1. The lowest BCUT2D eigenvalue weighted by atomic mass is 10.1. The van der Waals surface area contributed by atoms with Gasteiger partial charge in [-0.3, -0.25) is 4.99 Å². The molecule has 2 aliphatic rings. The third-order valence-corrected chi connectivity index (χ3v) is 2.23. The zero-order chi connectivity index (χ0) is 6.27. The fourth-order valence-electron chi connectivity index (χ4n) is 1.75. The molecule has 0 spiro atoms. The van der Waals surface area contributed by atoms with Gasteiger partial charge in [-0.15, -0.1) is 0 Å². The van der Waals surface area contributed by atoms with Crippen LogP contribution in [-0.4, -0.2) is 37.3 Å². The normalized spacial score (nSPS) is 34.8. The smallest absolute Gasteiger partial charge is 0.0396 e. The topological polar surface area (TPSA) is 15.6 Å². The van der Waals surface area contributed by atoms with Gasteiger partial charge in [-0.05, 0) is 13.5 Å². The van der Waals surface area contributed by atoms with E-state index in [1.165, 1.54) is 18.7 Å². The van der Waals surface area contributed by atoms with Crippen LogP contribution in [-0.2, 0) is 0 Å². The quantitative estimate of drug-likeness (QED) is 0.456. The molecule has 1 unspecified atom stereocenters. The van der Waals surface area contributed by atoms with Crippen LogP contribution in [0.4, 0.5) is 0 Å². The van der Waals surface area contributed by atoms with E-state index in [0.717, 1.165) is 19.0 Å². The molecule has 0 amide bonds. The van der Waals surface area contributed by atoms with Gasteiger partial charge in [0.2, 0.25) is 0 Å². The Bertz CT molecular complexity index is 151. The Morgan fingerprint density at radius 1 is 1.67 bits per heavy atom. The summed E-state index contributed by atoms with van der Waals surface area (Å²) < 4.78 is 0. The zero-order valence-electron chi connectivity index (χ0n) is 5.80. The van der Waals surface area contributed by atoms with E-state index in [-0.39, 0.29) is 0 Å². The van der Waals surface area contributed by atoms with E-state index in [4.69, 9.17) is 0 Å². The highest BCUT2D eigenvalue weighted by Crippen LogP contribution is 2.20. The van der Waals surface area contributed by atoms with Crippen LogP contribution >= 0.6 is 0 Å². The molecule has 0 aromatic rings. The molecule has 1 saturated heterocycles. The Morgan fingerprint density at radius 3 is 3.33 bits per heavy atom. The summed E-state index contributed by atoms with van der Waals surface area (Å²) in [5, 5.41) is 0. The molecule has 2 heteroatoms. The highest BCUT2D eigenvalue weighted by molar-refractivity contribution is 5.91. The summed E-state index contributed by atoms with van der Waals surface area (Å²) in [5.41, 5.74) is 1.46. The Balaban J connectivity index is 2.15. The van der Waals surface area contributed by atoms with E-state index in [9.17, 15) is 0 Å². The monoisotopic (exact) mass is 124 g/mol. The van der Waals surface area contributed by atoms with Crippen LogP contribution in [0.1, 0.15) is 6.42 Å². The number of likely N-dealkylation sites (tertiary alicyclic amines) is 1. The van der Waals surface area contributed by atoms with Gasteiger partial charge in [-0.2, -0.15) is 0 Å². The third-order valence-electron chi connectivity index (χ3n) is 2.23. The van der Waals surface area contributed by atoms with Crippen LogP contribution in [0.25, 0.3) is 0 Å². The predicted molar refractivity (Wildman–Crippen MR) is 37.9 cm³/mol. The largest absolute Gasteiger partial charge is 0.300 e. The first-order valence-electron chi connectivity index (χ1n) is 3.58. The summed E-state index contributed by atoms with van der Waals surface area (Å²) in [4.78, 5) is 6.77. The molecule has 1 fully saturated rings. The van der Waals surface area contributed by atoms with Gasteiger partial charge in [-0.1, -0.05) is 0 Å². The maximum atomic E-state index is 4.42. The summed E-state index contributed by atoms with van der Waals surface area (Å²) in [5.74, 6) is 0.829. The average Bonchev–Trinajstić information content (AvgIpc) is 2.22. The van der Waals surface area contributed by atoms with E-state index in [0.29, 0.717) is 0 Å². The number of aliphatic imine (C=N–C) groups is 1.